The molecule has 0 unspecified atom stereocenters. The number of carboxylic acids is 1. The van der Waals surface area contributed by atoms with Crippen LogP contribution >= 0.6 is 0 Å². The van der Waals surface area contributed by atoms with E-state index in [1.807, 2.05) is 0 Å². The Balaban J connectivity index is 1.59. The quantitative estimate of drug-likeness (QED) is 0.162. The van der Waals surface area contributed by atoms with Crippen molar-refractivity contribution in [1.29, 1.82) is 0 Å². The Morgan fingerprint density at radius 2 is 1.77 bits per heavy atom. The van der Waals surface area contributed by atoms with Crippen LogP contribution in [0, 0.1) is 5.82 Å². The molecule has 1 heterocycles. The van der Waals surface area contributed by atoms with Crippen molar-refractivity contribution in [3.8, 4) is 17.0 Å². The number of aromatic nitrogens is 1. The van der Waals surface area contributed by atoms with E-state index >= 15 is 0 Å². The van der Waals surface area contributed by atoms with Crippen molar-refractivity contribution < 1.29 is 37.0 Å². The summed E-state index contributed by atoms with van der Waals surface area (Å²) in [4.78, 5) is 27.1. The van der Waals surface area contributed by atoms with Crippen LogP contribution in [0.1, 0.15) is 61.4 Å². The minimum absolute atomic E-state index is 0.00773. The van der Waals surface area contributed by atoms with Crippen molar-refractivity contribution in [2.24, 2.45) is 0 Å². The van der Waals surface area contributed by atoms with Gasteiger partial charge in [-0.3, -0.25) is 9.59 Å². The number of carboxylic acid groups (broad SMARTS) is 1. The number of benzene rings is 2. The number of ketones is 1. The topological polar surface area (TPSA) is 88.5 Å². The molecule has 6 nitrogen and oxygen atoms in total. The maximum atomic E-state index is 14.3. The number of unbranched alkanes of at least 4 members (excludes halogenated alkanes) is 1. The van der Waals surface area contributed by atoms with Crippen LogP contribution in [0.5, 0.6) is 5.88 Å². The van der Waals surface area contributed by atoms with Crippen LogP contribution in [-0.2, 0) is 11.0 Å². The van der Waals surface area contributed by atoms with Crippen molar-refractivity contribution in [2.45, 2.75) is 57.7 Å². The number of halogens is 4. The molecule has 0 spiro atoms. The van der Waals surface area contributed by atoms with Crippen LogP contribution < -0.4 is 10.1 Å². The largest absolute Gasteiger partial charge is 0.481 e. The summed E-state index contributed by atoms with van der Waals surface area (Å²) in [5.74, 6) is -1.74. The summed E-state index contributed by atoms with van der Waals surface area (Å²) in [5.41, 5.74) is 0.586. The second-order valence-corrected chi connectivity index (χ2v) is 9.12. The van der Waals surface area contributed by atoms with Gasteiger partial charge in [-0.2, -0.15) is 13.2 Å². The third-order valence-corrected chi connectivity index (χ3v) is 6.05. The molecule has 3 aromatic rings. The number of anilines is 1. The molecule has 3 rings (SSSR count). The Labute approximate surface area is 224 Å². The highest BCUT2D eigenvalue weighted by atomic mass is 19.4. The Kier molecular flexibility index (Phi) is 10.4. The molecule has 2 aromatic carbocycles. The number of nitrogens with one attached hydrogen (secondary N) is 1. The third kappa shape index (κ3) is 9.08. The van der Waals surface area contributed by atoms with Gasteiger partial charge in [0.25, 0.3) is 0 Å². The fourth-order valence-electron chi connectivity index (χ4n) is 3.92. The molecule has 0 aliphatic rings. The van der Waals surface area contributed by atoms with E-state index in [-0.39, 0.29) is 42.7 Å². The Morgan fingerprint density at radius 3 is 2.36 bits per heavy atom. The lowest BCUT2D eigenvalue weighted by Crippen LogP contribution is -2.27. The number of carbonyl (C=O) groups is 2. The highest BCUT2D eigenvalue weighted by Gasteiger charge is 2.31. The lowest BCUT2D eigenvalue weighted by atomic mass is 10.0. The second-order valence-electron chi connectivity index (χ2n) is 9.12. The van der Waals surface area contributed by atoms with Crippen LogP contribution in [0.3, 0.4) is 0 Å². The van der Waals surface area contributed by atoms with Crippen molar-refractivity contribution in [1.82, 2.24) is 4.98 Å². The number of hydrogen-bond donors (Lipinski definition) is 2. The first-order valence-corrected chi connectivity index (χ1v) is 12.6. The highest BCUT2D eigenvalue weighted by molar-refractivity contribution is 5.96. The predicted octanol–water partition coefficient (Wildman–Crippen LogP) is 7.39. The van der Waals surface area contributed by atoms with Crippen LogP contribution in [-0.4, -0.2) is 34.5 Å². The van der Waals surface area contributed by atoms with Gasteiger partial charge < -0.3 is 15.2 Å². The average molecular weight is 547 g/mol. The Hall–Kier alpha value is -3.95. The zero-order valence-corrected chi connectivity index (χ0v) is 21.4. The SMILES string of the molecule is CCCC[C@@H](COc1ccc(-c2ccc(C(F)(F)F)cc2F)cn1)Nc1ccc(C(=O)CCCC(=O)O)cc1. The van der Waals surface area contributed by atoms with Gasteiger partial charge >= 0.3 is 12.1 Å². The van der Waals surface area contributed by atoms with E-state index in [1.54, 1.807) is 24.3 Å². The molecule has 0 saturated carbocycles. The second kappa shape index (κ2) is 13.7. The lowest BCUT2D eigenvalue weighted by Gasteiger charge is -2.20. The van der Waals surface area contributed by atoms with Crippen LogP contribution in [0.4, 0.5) is 23.2 Å². The smallest absolute Gasteiger partial charge is 0.416 e. The molecule has 0 bridgehead atoms. The van der Waals surface area contributed by atoms with E-state index in [1.165, 1.54) is 18.3 Å². The first kappa shape index (κ1) is 29.6. The molecular weight excluding hydrogens is 516 g/mol. The van der Waals surface area contributed by atoms with E-state index < -0.39 is 23.5 Å². The summed E-state index contributed by atoms with van der Waals surface area (Å²) >= 11 is 0. The standard InChI is InChI=1S/C29H30F4N2O4/c1-2-3-5-23(35-22-12-8-19(9-13-22)26(36)6-4-7-28(37)38)18-39-27-15-10-20(17-34-27)24-14-11-21(16-25(24)30)29(31,32)33/h8-17,23,35H,2-7,18H2,1H3,(H,37,38)/t23-/m0/s1. The fourth-order valence-corrected chi connectivity index (χ4v) is 3.92. The van der Waals surface area contributed by atoms with Crippen LogP contribution in [0.2, 0.25) is 0 Å². The third-order valence-electron chi connectivity index (χ3n) is 6.05. The molecular formula is C29H30F4N2O4. The molecule has 39 heavy (non-hydrogen) atoms. The summed E-state index contributed by atoms with van der Waals surface area (Å²) in [6.07, 6.45) is -0.131. The number of alkyl halides is 3. The molecule has 0 aliphatic heterocycles. The van der Waals surface area contributed by atoms with Gasteiger partial charge in [-0.25, -0.2) is 9.37 Å². The Morgan fingerprint density at radius 1 is 1.03 bits per heavy atom. The summed E-state index contributed by atoms with van der Waals surface area (Å²) in [6, 6.07) is 12.3. The number of Topliss-reactive ketones (excluding diaryl/α,β-unsaturated/α-hetero) is 1. The van der Waals surface area contributed by atoms with Gasteiger partial charge in [-0.05, 0) is 55.3 Å². The number of hydrogen-bond acceptors (Lipinski definition) is 5. The lowest BCUT2D eigenvalue weighted by molar-refractivity contribution is -0.138. The minimum Gasteiger partial charge on any atom is -0.481 e. The summed E-state index contributed by atoms with van der Waals surface area (Å²) < 4.78 is 58.5. The molecule has 208 valence electrons. The van der Waals surface area contributed by atoms with Crippen molar-refractivity contribution in [3.05, 3.63) is 77.7 Å². The zero-order valence-electron chi connectivity index (χ0n) is 21.4. The molecule has 10 heteroatoms. The number of nitrogens with zero attached hydrogens (tertiary/aromatic N) is 1. The number of pyridine rings is 1. The fraction of sp³-hybridized carbons (Fsp3) is 0.345. The monoisotopic (exact) mass is 546 g/mol. The van der Waals surface area contributed by atoms with Crippen molar-refractivity contribution in [2.75, 3.05) is 11.9 Å². The van der Waals surface area contributed by atoms with Gasteiger partial charge in [0.2, 0.25) is 5.88 Å². The van der Waals surface area contributed by atoms with E-state index in [0.29, 0.717) is 23.6 Å². The number of ether oxygens (including phenoxy) is 1. The molecule has 0 saturated heterocycles. The van der Waals surface area contributed by atoms with E-state index in [4.69, 9.17) is 9.84 Å². The maximum Gasteiger partial charge on any atom is 0.416 e. The van der Waals surface area contributed by atoms with Crippen molar-refractivity contribution >= 4 is 17.4 Å². The molecule has 1 aromatic heterocycles. The van der Waals surface area contributed by atoms with Crippen molar-refractivity contribution in [3.63, 3.8) is 0 Å². The average Bonchev–Trinajstić information content (AvgIpc) is 2.90. The molecule has 0 fully saturated rings. The maximum absolute atomic E-state index is 14.3. The Bertz CT molecular complexity index is 1250. The first-order valence-electron chi connectivity index (χ1n) is 12.6. The number of aliphatic carboxylic acids is 1. The zero-order chi connectivity index (χ0) is 28.4. The molecule has 0 amide bonds. The van der Waals surface area contributed by atoms with Gasteiger partial charge in [0, 0.05) is 47.5 Å². The highest BCUT2D eigenvalue weighted by Crippen LogP contribution is 2.33. The summed E-state index contributed by atoms with van der Waals surface area (Å²) in [7, 11) is 0. The summed E-state index contributed by atoms with van der Waals surface area (Å²) in [5, 5.41) is 12.1. The van der Waals surface area contributed by atoms with Gasteiger partial charge in [0.1, 0.15) is 12.4 Å². The van der Waals surface area contributed by atoms with E-state index in [2.05, 4.69) is 17.2 Å². The predicted molar refractivity (Wildman–Crippen MR) is 139 cm³/mol. The van der Waals surface area contributed by atoms with Gasteiger partial charge in [0.05, 0.1) is 11.6 Å². The van der Waals surface area contributed by atoms with Gasteiger partial charge in [-0.15, -0.1) is 0 Å². The molecule has 0 aliphatic carbocycles. The molecule has 1 atom stereocenters. The minimum atomic E-state index is -4.62. The van der Waals surface area contributed by atoms with Gasteiger partial charge in [-0.1, -0.05) is 25.8 Å². The summed E-state index contributed by atoms with van der Waals surface area (Å²) in [6.45, 7) is 2.35. The van der Waals surface area contributed by atoms with E-state index in [9.17, 15) is 27.2 Å². The first-order chi connectivity index (χ1) is 18.6. The molecule has 2 N–H and O–H groups in total. The van der Waals surface area contributed by atoms with Crippen LogP contribution in [0.15, 0.2) is 60.8 Å². The molecule has 0 radical (unpaired) electrons. The van der Waals surface area contributed by atoms with Gasteiger partial charge in [0.15, 0.2) is 5.78 Å². The number of carbonyl (C=O) groups excluding carboxylic acids is 1. The van der Waals surface area contributed by atoms with Crippen LogP contribution in [0.25, 0.3) is 11.1 Å². The normalized spacial score (nSPS) is 12.1. The number of rotatable bonds is 14. The van der Waals surface area contributed by atoms with E-state index in [0.717, 1.165) is 37.1 Å².